The van der Waals surface area contributed by atoms with Crippen molar-refractivity contribution in [1.29, 1.82) is 0 Å². The number of piperidine rings is 1. The van der Waals surface area contributed by atoms with Gasteiger partial charge in [-0.2, -0.15) is 10.2 Å². The Balaban J connectivity index is 1.28. The number of nitrogens with zero attached hydrogens (tertiary/aromatic N) is 6. The molecule has 4 heterocycles. The lowest BCUT2D eigenvalue weighted by molar-refractivity contribution is 0.0865. The Hall–Kier alpha value is -3.01. The molecule has 0 spiro atoms. The Morgan fingerprint density at radius 1 is 1.25 bits per heavy atom. The lowest BCUT2D eigenvalue weighted by Gasteiger charge is -2.31. The van der Waals surface area contributed by atoms with Crippen molar-refractivity contribution in [3.05, 3.63) is 30.3 Å². The van der Waals surface area contributed by atoms with Gasteiger partial charge in [-0.15, -0.1) is 0 Å². The highest BCUT2D eigenvalue weighted by Gasteiger charge is 2.26. The van der Waals surface area contributed by atoms with Crippen molar-refractivity contribution in [3.8, 4) is 10.6 Å². The molecule has 1 saturated heterocycles. The zero-order chi connectivity index (χ0) is 22.2. The van der Waals surface area contributed by atoms with Crippen LogP contribution in [0.1, 0.15) is 38.6 Å². The van der Waals surface area contributed by atoms with E-state index in [0.717, 1.165) is 52.0 Å². The van der Waals surface area contributed by atoms with Gasteiger partial charge in [0.2, 0.25) is 0 Å². The Bertz CT molecular complexity index is 1240. The summed E-state index contributed by atoms with van der Waals surface area (Å²) in [7, 11) is 1.78. The molecule has 0 radical (unpaired) electrons. The SMILES string of the molecule is CCCCOC(=O)N1CCC(n2cc3nc(-c4cc(F)c5nn(C)cc5c4)sc3n2)CC1. The highest BCUT2D eigenvalue weighted by atomic mass is 32.1. The number of likely N-dealkylation sites (tertiary alicyclic amines) is 1. The van der Waals surface area contributed by atoms with E-state index in [0.29, 0.717) is 25.2 Å². The fourth-order valence-corrected chi connectivity index (χ4v) is 4.99. The Kier molecular flexibility index (Phi) is 5.54. The van der Waals surface area contributed by atoms with Gasteiger partial charge in [-0.1, -0.05) is 24.7 Å². The minimum Gasteiger partial charge on any atom is -0.449 e. The van der Waals surface area contributed by atoms with Gasteiger partial charge in [0.25, 0.3) is 0 Å². The first-order valence-electron chi connectivity index (χ1n) is 10.9. The highest BCUT2D eigenvalue weighted by Crippen LogP contribution is 2.33. The molecule has 3 aromatic heterocycles. The van der Waals surface area contributed by atoms with Crippen molar-refractivity contribution in [2.45, 2.75) is 38.6 Å². The van der Waals surface area contributed by atoms with Gasteiger partial charge in [0.05, 0.1) is 18.8 Å². The van der Waals surface area contributed by atoms with E-state index in [1.165, 1.54) is 17.4 Å². The van der Waals surface area contributed by atoms with Crippen LogP contribution in [0, 0.1) is 5.82 Å². The van der Waals surface area contributed by atoms with E-state index in [9.17, 15) is 9.18 Å². The summed E-state index contributed by atoms with van der Waals surface area (Å²) in [5, 5.41) is 10.4. The fourth-order valence-electron chi connectivity index (χ4n) is 4.09. The van der Waals surface area contributed by atoms with E-state index in [1.54, 1.807) is 22.8 Å². The van der Waals surface area contributed by atoms with Crippen LogP contribution < -0.4 is 0 Å². The number of carbonyl (C=O) groups is 1. The summed E-state index contributed by atoms with van der Waals surface area (Å²) in [4.78, 5) is 19.4. The second-order valence-corrected chi connectivity index (χ2v) is 9.18. The number of hydrogen-bond acceptors (Lipinski definition) is 6. The largest absolute Gasteiger partial charge is 0.449 e. The summed E-state index contributed by atoms with van der Waals surface area (Å²) >= 11 is 1.45. The molecule has 10 heteroatoms. The van der Waals surface area contributed by atoms with Crippen molar-refractivity contribution >= 4 is 38.7 Å². The molecule has 4 aromatic rings. The summed E-state index contributed by atoms with van der Waals surface area (Å²) in [6.07, 6.45) is 7.09. The standard InChI is InChI=1S/C22H25FN6O2S/c1-3-4-9-31-22(30)28-7-5-16(6-8-28)29-13-18-21(26-29)32-20(24-18)14-10-15-12-27(2)25-19(15)17(23)11-14/h10-13,16H,3-9H2,1-2H3. The van der Waals surface area contributed by atoms with Crippen LogP contribution in [0.4, 0.5) is 9.18 Å². The summed E-state index contributed by atoms with van der Waals surface area (Å²) in [5.74, 6) is -0.351. The van der Waals surface area contributed by atoms with E-state index in [1.807, 2.05) is 16.9 Å². The van der Waals surface area contributed by atoms with Crippen LogP contribution in [-0.4, -0.2) is 55.2 Å². The van der Waals surface area contributed by atoms with Gasteiger partial charge in [-0.05, 0) is 31.4 Å². The molecule has 0 unspecified atom stereocenters. The quantitative estimate of drug-likeness (QED) is 0.405. The zero-order valence-corrected chi connectivity index (χ0v) is 18.9. The van der Waals surface area contributed by atoms with E-state index < -0.39 is 0 Å². The third-order valence-electron chi connectivity index (χ3n) is 5.84. The van der Waals surface area contributed by atoms with Gasteiger partial charge in [0.1, 0.15) is 16.0 Å². The number of rotatable bonds is 5. The molecule has 0 atom stereocenters. The summed E-state index contributed by atoms with van der Waals surface area (Å²) < 4.78 is 23.3. The maximum Gasteiger partial charge on any atom is 0.409 e. The molecule has 1 fully saturated rings. The number of fused-ring (bicyclic) bond motifs is 2. The second kappa shape index (κ2) is 8.50. The molecule has 1 aromatic carbocycles. The van der Waals surface area contributed by atoms with Gasteiger partial charge >= 0.3 is 6.09 Å². The highest BCUT2D eigenvalue weighted by molar-refractivity contribution is 7.21. The lowest BCUT2D eigenvalue weighted by Crippen LogP contribution is -2.39. The first-order chi connectivity index (χ1) is 15.5. The summed E-state index contributed by atoms with van der Waals surface area (Å²) in [5.41, 5.74) is 1.90. The van der Waals surface area contributed by atoms with Crippen LogP contribution in [0.25, 0.3) is 31.8 Å². The van der Waals surface area contributed by atoms with Crippen molar-refractivity contribution in [3.63, 3.8) is 0 Å². The number of carbonyl (C=O) groups excluding carboxylic acids is 1. The second-order valence-electron chi connectivity index (χ2n) is 8.20. The maximum atomic E-state index is 14.5. The van der Waals surface area contributed by atoms with Crippen molar-refractivity contribution in [1.82, 2.24) is 29.4 Å². The molecule has 0 N–H and O–H groups in total. The van der Waals surface area contributed by atoms with Gasteiger partial charge in [-0.3, -0.25) is 9.36 Å². The molecule has 1 amide bonds. The Morgan fingerprint density at radius 3 is 2.81 bits per heavy atom. The molecular weight excluding hydrogens is 431 g/mol. The summed E-state index contributed by atoms with van der Waals surface area (Å²) in [6.45, 7) is 3.87. The number of amides is 1. The van der Waals surface area contributed by atoms with Crippen molar-refractivity contribution in [2.24, 2.45) is 7.05 Å². The lowest BCUT2D eigenvalue weighted by atomic mass is 10.1. The molecule has 0 aliphatic carbocycles. The number of aromatic nitrogens is 5. The van der Waals surface area contributed by atoms with E-state index >= 15 is 0 Å². The van der Waals surface area contributed by atoms with Crippen molar-refractivity contribution in [2.75, 3.05) is 19.7 Å². The van der Waals surface area contributed by atoms with Crippen LogP contribution in [-0.2, 0) is 11.8 Å². The first kappa shape index (κ1) is 20.9. The topological polar surface area (TPSA) is 78.1 Å². The number of benzene rings is 1. The molecule has 1 aliphatic rings. The van der Waals surface area contributed by atoms with Gasteiger partial charge < -0.3 is 9.64 Å². The smallest absolute Gasteiger partial charge is 0.409 e. The predicted molar refractivity (Wildman–Crippen MR) is 121 cm³/mol. The van der Waals surface area contributed by atoms with Gasteiger partial charge in [0.15, 0.2) is 10.6 Å². The predicted octanol–water partition coefficient (Wildman–Crippen LogP) is 4.76. The van der Waals surface area contributed by atoms with Gasteiger partial charge in [0, 0.05) is 37.3 Å². The molecule has 5 rings (SSSR count). The number of ether oxygens (including phenoxy) is 1. The van der Waals surface area contributed by atoms with Crippen LogP contribution in [0.2, 0.25) is 0 Å². The molecular formula is C22H25FN6O2S. The normalized spacial score (nSPS) is 15.2. The van der Waals surface area contributed by atoms with Gasteiger partial charge in [-0.25, -0.2) is 14.2 Å². The Labute approximate surface area is 188 Å². The Morgan fingerprint density at radius 2 is 2.06 bits per heavy atom. The fraction of sp³-hybridized carbons (Fsp3) is 0.455. The van der Waals surface area contributed by atoms with Crippen LogP contribution in [0.15, 0.2) is 24.5 Å². The maximum absolute atomic E-state index is 14.5. The number of thiazole rings is 1. The number of hydrogen-bond donors (Lipinski definition) is 0. The van der Waals surface area contributed by atoms with Crippen molar-refractivity contribution < 1.29 is 13.9 Å². The third-order valence-corrected chi connectivity index (χ3v) is 6.84. The molecule has 1 aliphatic heterocycles. The number of aryl methyl sites for hydroxylation is 1. The minimum absolute atomic E-state index is 0.220. The molecule has 8 nitrogen and oxygen atoms in total. The minimum atomic E-state index is -0.351. The zero-order valence-electron chi connectivity index (χ0n) is 18.1. The average Bonchev–Trinajstić information content (AvgIpc) is 3.46. The monoisotopic (exact) mass is 456 g/mol. The van der Waals surface area contributed by atoms with Crippen LogP contribution >= 0.6 is 11.3 Å². The third kappa shape index (κ3) is 3.94. The molecule has 168 valence electrons. The molecule has 0 saturated carbocycles. The number of halogens is 1. The van der Waals surface area contributed by atoms with E-state index in [4.69, 9.17) is 14.8 Å². The summed E-state index contributed by atoms with van der Waals surface area (Å²) in [6, 6.07) is 3.62. The number of unbranched alkanes of at least 4 members (excludes halogenated alkanes) is 1. The van der Waals surface area contributed by atoms with Crippen LogP contribution in [0.3, 0.4) is 0 Å². The first-order valence-corrected chi connectivity index (χ1v) is 11.7. The van der Waals surface area contributed by atoms with E-state index in [2.05, 4.69) is 12.0 Å². The van der Waals surface area contributed by atoms with E-state index in [-0.39, 0.29) is 18.0 Å². The average molecular weight is 457 g/mol. The molecule has 32 heavy (non-hydrogen) atoms. The van der Waals surface area contributed by atoms with Crippen LogP contribution in [0.5, 0.6) is 0 Å². The molecule has 0 bridgehead atoms.